The zero-order valence-electron chi connectivity index (χ0n) is 6.93. The number of guanidine groups is 1. The van der Waals surface area contributed by atoms with E-state index in [1.807, 2.05) is 0 Å². The summed E-state index contributed by atoms with van der Waals surface area (Å²) < 4.78 is 0. The Bertz CT molecular complexity index is 143. The minimum absolute atomic E-state index is 0.421. The Hall–Kier alpha value is -0.770. The van der Waals surface area contributed by atoms with E-state index < -0.39 is 0 Å². The van der Waals surface area contributed by atoms with Gasteiger partial charge >= 0.3 is 0 Å². The van der Waals surface area contributed by atoms with Crippen molar-refractivity contribution in [1.82, 2.24) is 10.6 Å². The van der Waals surface area contributed by atoms with Crippen LogP contribution in [0.4, 0.5) is 0 Å². The fourth-order valence-electron chi connectivity index (χ4n) is 1.05. The molecule has 0 saturated heterocycles. The quantitative estimate of drug-likeness (QED) is 0.505. The van der Waals surface area contributed by atoms with Crippen LogP contribution in [0, 0.1) is 0 Å². The average molecular weight is 156 g/mol. The molecular formula is C7H16N4. The van der Waals surface area contributed by atoms with Gasteiger partial charge in [-0.15, -0.1) is 0 Å². The number of hydrogen-bond donors (Lipinski definition) is 3. The van der Waals surface area contributed by atoms with Crippen LogP contribution in [0.25, 0.3) is 0 Å². The van der Waals surface area contributed by atoms with E-state index in [1.165, 1.54) is 0 Å². The monoisotopic (exact) mass is 156 g/mol. The lowest BCUT2D eigenvalue weighted by atomic mass is 10.2. The lowest BCUT2D eigenvalue weighted by Crippen LogP contribution is -2.40. The SMILES string of the molecule is CC(CCN)NC1=NCCN1. The molecule has 0 radical (unpaired) electrons. The van der Waals surface area contributed by atoms with Crippen LogP contribution in [0.3, 0.4) is 0 Å². The third kappa shape index (κ3) is 2.76. The van der Waals surface area contributed by atoms with Crippen LogP contribution in [0.15, 0.2) is 4.99 Å². The molecule has 1 unspecified atom stereocenters. The summed E-state index contributed by atoms with van der Waals surface area (Å²) in [7, 11) is 0. The second kappa shape index (κ2) is 4.18. The third-order valence-corrected chi connectivity index (χ3v) is 1.66. The van der Waals surface area contributed by atoms with Crippen LogP contribution >= 0.6 is 0 Å². The van der Waals surface area contributed by atoms with E-state index >= 15 is 0 Å². The lowest BCUT2D eigenvalue weighted by molar-refractivity contribution is 0.608. The molecule has 0 aromatic rings. The highest BCUT2D eigenvalue weighted by atomic mass is 15.2. The van der Waals surface area contributed by atoms with E-state index in [0.29, 0.717) is 6.04 Å². The highest BCUT2D eigenvalue weighted by molar-refractivity contribution is 5.81. The maximum atomic E-state index is 5.40. The highest BCUT2D eigenvalue weighted by Gasteiger charge is 2.06. The highest BCUT2D eigenvalue weighted by Crippen LogP contribution is 1.89. The van der Waals surface area contributed by atoms with E-state index in [0.717, 1.165) is 32.0 Å². The Morgan fingerprint density at radius 3 is 3.18 bits per heavy atom. The summed E-state index contributed by atoms with van der Waals surface area (Å²) in [6.45, 7) is 4.67. The van der Waals surface area contributed by atoms with Crippen LogP contribution in [0.2, 0.25) is 0 Å². The van der Waals surface area contributed by atoms with E-state index in [1.54, 1.807) is 0 Å². The van der Waals surface area contributed by atoms with Crippen LogP contribution < -0.4 is 16.4 Å². The van der Waals surface area contributed by atoms with Gasteiger partial charge in [-0.1, -0.05) is 0 Å². The van der Waals surface area contributed by atoms with Crippen molar-refractivity contribution in [3.05, 3.63) is 0 Å². The minimum atomic E-state index is 0.421. The molecule has 4 N–H and O–H groups in total. The first-order valence-corrected chi connectivity index (χ1v) is 4.08. The van der Waals surface area contributed by atoms with Gasteiger partial charge in [-0.25, -0.2) is 0 Å². The Kier molecular flexibility index (Phi) is 3.16. The van der Waals surface area contributed by atoms with E-state index in [4.69, 9.17) is 5.73 Å². The molecule has 0 bridgehead atoms. The first kappa shape index (κ1) is 8.33. The van der Waals surface area contributed by atoms with Crippen molar-refractivity contribution in [3.63, 3.8) is 0 Å². The third-order valence-electron chi connectivity index (χ3n) is 1.66. The van der Waals surface area contributed by atoms with Gasteiger partial charge in [-0.2, -0.15) is 0 Å². The van der Waals surface area contributed by atoms with Crippen LogP contribution in [-0.2, 0) is 0 Å². The van der Waals surface area contributed by atoms with Gasteiger partial charge < -0.3 is 16.4 Å². The molecule has 0 spiro atoms. The lowest BCUT2D eigenvalue weighted by Gasteiger charge is -2.13. The molecule has 0 fully saturated rings. The predicted molar refractivity (Wildman–Crippen MR) is 46.6 cm³/mol. The number of aliphatic imine (C=N–C) groups is 1. The Balaban J connectivity index is 2.18. The first-order valence-electron chi connectivity index (χ1n) is 4.08. The molecule has 0 aromatic heterocycles. The zero-order valence-corrected chi connectivity index (χ0v) is 6.93. The summed E-state index contributed by atoms with van der Waals surface area (Å²) in [5.41, 5.74) is 5.40. The van der Waals surface area contributed by atoms with Gasteiger partial charge in [-0.05, 0) is 19.9 Å². The molecule has 1 rings (SSSR count). The van der Waals surface area contributed by atoms with E-state index in [2.05, 4.69) is 22.5 Å². The molecular weight excluding hydrogens is 140 g/mol. The Labute approximate surface area is 67.3 Å². The number of nitrogens with two attached hydrogens (primary N) is 1. The Morgan fingerprint density at radius 2 is 2.64 bits per heavy atom. The van der Waals surface area contributed by atoms with Gasteiger partial charge in [-0.3, -0.25) is 4.99 Å². The minimum Gasteiger partial charge on any atom is -0.355 e. The van der Waals surface area contributed by atoms with Crippen molar-refractivity contribution in [2.75, 3.05) is 19.6 Å². The summed E-state index contributed by atoms with van der Waals surface area (Å²) in [5, 5.41) is 6.38. The maximum Gasteiger partial charge on any atom is 0.191 e. The number of hydrogen-bond acceptors (Lipinski definition) is 4. The smallest absolute Gasteiger partial charge is 0.191 e. The number of nitrogens with zero attached hydrogens (tertiary/aromatic N) is 1. The van der Waals surface area contributed by atoms with Gasteiger partial charge in [0.05, 0.1) is 6.54 Å². The summed E-state index contributed by atoms with van der Waals surface area (Å²) in [5.74, 6) is 0.922. The van der Waals surface area contributed by atoms with E-state index in [-0.39, 0.29) is 0 Å². The molecule has 0 amide bonds. The normalized spacial score (nSPS) is 18.9. The van der Waals surface area contributed by atoms with Gasteiger partial charge in [0, 0.05) is 12.6 Å². The van der Waals surface area contributed by atoms with Crippen molar-refractivity contribution >= 4 is 5.96 Å². The van der Waals surface area contributed by atoms with Gasteiger partial charge in [0.15, 0.2) is 5.96 Å². The summed E-state index contributed by atoms with van der Waals surface area (Å²) >= 11 is 0. The van der Waals surface area contributed by atoms with Crippen molar-refractivity contribution in [2.24, 2.45) is 10.7 Å². The summed E-state index contributed by atoms with van der Waals surface area (Å²) in [4.78, 5) is 4.21. The molecule has 1 atom stereocenters. The standard InChI is InChI=1S/C7H16N4/c1-6(2-3-8)11-7-9-4-5-10-7/h6H,2-5,8H2,1H3,(H2,9,10,11). The van der Waals surface area contributed by atoms with Crippen LogP contribution in [-0.4, -0.2) is 31.6 Å². The maximum absolute atomic E-state index is 5.40. The fourth-order valence-corrected chi connectivity index (χ4v) is 1.05. The molecule has 4 heteroatoms. The van der Waals surface area contributed by atoms with E-state index in [9.17, 15) is 0 Å². The second-order valence-electron chi connectivity index (χ2n) is 2.78. The van der Waals surface area contributed by atoms with Crippen LogP contribution in [0.5, 0.6) is 0 Å². The molecule has 1 aliphatic heterocycles. The van der Waals surface area contributed by atoms with Gasteiger partial charge in [0.2, 0.25) is 0 Å². The molecule has 0 aromatic carbocycles. The molecule has 0 saturated carbocycles. The van der Waals surface area contributed by atoms with Crippen molar-refractivity contribution in [2.45, 2.75) is 19.4 Å². The first-order chi connectivity index (χ1) is 5.33. The van der Waals surface area contributed by atoms with Crippen molar-refractivity contribution < 1.29 is 0 Å². The fraction of sp³-hybridized carbons (Fsp3) is 0.857. The van der Waals surface area contributed by atoms with Crippen LogP contribution in [0.1, 0.15) is 13.3 Å². The largest absolute Gasteiger partial charge is 0.355 e. The van der Waals surface area contributed by atoms with Gasteiger partial charge in [0.1, 0.15) is 0 Å². The summed E-state index contributed by atoms with van der Waals surface area (Å²) in [6.07, 6.45) is 0.987. The van der Waals surface area contributed by atoms with Gasteiger partial charge in [0.25, 0.3) is 0 Å². The molecule has 1 aliphatic rings. The average Bonchev–Trinajstić information content (AvgIpc) is 2.40. The van der Waals surface area contributed by atoms with Crippen molar-refractivity contribution in [1.29, 1.82) is 0 Å². The van der Waals surface area contributed by atoms with Crippen molar-refractivity contribution in [3.8, 4) is 0 Å². The zero-order chi connectivity index (χ0) is 8.10. The molecule has 4 nitrogen and oxygen atoms in total. The molecule has 1 heterocycles. The number of nitrogens with one attached hydrogen (secondary N) is 2. The molecule has 64 valence electrons. The predicted octanol–water partition coefficient (Wildman–Crippen LogP) is -0.727. The molecule has 0 aliphatic carbocycles. The second-order valence-corrected chi connectivity index (χ2v) is 2.78. The summed E-state index contributed by atoms with van der Waals surface area (Å²) in [6, 6.07) is 0.421. The Morgan fingerprint density at radius 1 is 1.82 bits per heavy atom. The number of rotatable bonds is 3. The molecule has 11 heavy (non-hydrogen) atoms. The topological polar surface area (TPSA) is 62.4 Å².